The van der Waals surface area contributed by atoms with Gasteiger partial charge < -0.3 is 10.1 Å². The van der Waals surface area contributed by atoms with Crippen LogP contribution in [0, 0.1) is 5.82 Å². The van der Waals surface area contributed by atoms with Gasteiger partial charge in [-0.15, -0.1) is 0 Å². The Hall–Kier alpha value is -3.73. The molecule has 4 rings (SSSR count). The van der Waals surface area contributed by atoms with E-state index in [1.165, 1.54) is 41.3 Å². The van der Waals surface area contributed by atoms with Crippen molar-refractivity contribution in [2.45, 2.75) is 19.3 Å². The Kier molecular flexibility index (Phi) is 6.45. The molecule has 0 fully saturated rings. The van der Waals surface area contributed by atoms with Crippen LogP contribution in [0.5, 0.6) is 0 Å². The van der Waals surface area contributed by atoms with E-state index in [0.717, 1.165) is 5.56 Å². The smallest absolute Gasteiger partial charge is 0.407 e. The van der Waals surface area contributed by atoms with Gasteiger partial charge in [0.1, 0.15) is 12.4 Å². The molecule has 0 atom stereocenters. The van der Waals surface area contributed by atoms with Gasteiger partial charge in [0.2, 0.25) is 0 Å². The summed E-state index contributed by atoms with van der Waals surface area (Å²) in [6, 6.07) is 20.8. The lowest BCUT2D eigenvalue weighted by molar-refractivity contribution is 0.101. The van der Waals surface area contributed by atoms with Gasteiger partial charge in [-0.25, -0.2) is 9.18 Å². The zero-order valence-corrected chi connectivity index (χ0v) is 17.8. The molecule has 0 radical (unpaired) electrons. The number of benzene rings is 3. The molecule has 1 amide bonds. The maximum absolute atomic E-state index is 13.6. The van der Waals surface area contributed by atoms with Crippen LogP contribution in [0.25, 0.3) is 17.2 Å². The summed E-state index contributed by atoms with van der Waals surface area (Å²) in [5, 5.41) is 2.75. The highest BCUT2D eigenvalue weighted by molar-refractivity contribution is 5.94. The van der Waals surface area contributed by atoms with Crippen molar-refractivity contribution in [3.05, 3.63) is 101 Å². The Morgan fingerprint density at radius 2 is 1.66 bits per heavy atom. The molecule has 32 heavy (non-hydrogen) atoms. The predicted molar refractivity (Wildman–Crippen MR) is 123 cm³/mol. The quantitative estimate of drug-likeness (QED) is 0.372. The van der Waals surface area contributed by atoms with Crippen molar-refractivity contribution in [1.82, 2.24) is 5.32 Å². The summed E-state index contributed by atoms with van der Waals surface area (Å²) in [5.74, 6) is -0.803. The Bertz CT molecular complexity index is 1140. The number of carbonyl (C=O) groups is 2. The van der Waals surface area contributed by atoms with Crippen LogP contribution in [-0.2, 0) is 4.74 Å². The van der Waals surface area contributed by atoms with Crippen molar-refractivity contribution in [1.29, 1.82) is 0 Å². The van der Waals surface area contributed by atoms with E-state index in [1.807, 2.05) is 30.3 Å². The number of hydrogen-bond acceptors (Lipinski definition) is 3. The van der Waals surface area contributed by atoms with E-state index < -0.39 is 11.9 Å². The molecule has 0 spiro atoms. The second kappa shape index (κ2) is 9.60. The fourth-order valence-corrected chi connectivity index (χ4v) is 4.04. The minimum atomic E-state index is -0.522. The van der Waals surface area contributed by atoms with Gasteiger partial charge in [0.05, 0.1) is 5.56 Å². The minimum Gasteiger partial charge on any atom is -0.449 e. The van der Waals surface area contributed by atoms with Crippen molar-refractivity contribution in [3.63, 3.8) is 0 Å². The van der Waals surface area contributed by atoms with Gasteiger partial charge in [-0.3, -0.25) is 4.79 Å². The van der Waals surface area contributed by atoms with E-state index in [1.54, 1.807) is 12.1 Å². The lowest BCUT2D eigenvalue weighted by Crippen LogP contribution is -2.26. The molecule has 5 heteroatoms. The zero-order valence-electron chi connectivity index (χ0n) is 17.8. The van der Waals surface area contributed by atoms with Gasteiger partial charge in [0.25, 0.3) is 0 Å². The van der Waals surface area contributed by atoms with Gasteiger partial charge in [-0.1, -0.05) is 66.7 Å². The number of nitrogens with one attached hydrogen (secondary N) is 1. The first kappa shape index (κ1) is 21.5. The number of hydrogen-bond donors (Lipinski definition) is 1. The lowest BCUT2D eigenvalue weighted by Gasteiger charge is -2.14. The minimum absolute atomic E-state index is 0.0296. The van der Waals surface area contributed by atoms with Crippen LogP contribution < -0.4 is 5.32 Å². The number of halogens is 1. The maximum atomic E-state index is 13.6. The second-order valence-electron chi connectivity index (χ2n) is 7.74. The van der Waals surface area contributed by atoms with Crippen molar-refractivity contribution in [3.8, 4) is 11.1 Å². The molecule has 0 heterocycles. The number of amides is 1. The number of fused-ring (bicyclic) bond motifs is 3. The van der Waals surface area contributed by atoms with E-state index in [2.05, 4.69) is 29.6 Å². The molecule has 0 saturated carbocycles. The molecule has 1 aliphatic rings. The van der Waals surface area contributed by atoms with Gasteiger partial charge in [-0.05, 0) is 53.3 Å². The van der Waals surface area contributed by atoms with Gasteiger partial charge in [-0.2, -0.15) is 0 Å². The Balaban J connectivity index is 1.27. The molecule has 3 aromatic rings. The molecule has 0 saturated heterocycles. The van der Waals surface area contributed by atoms with Crippen molar-refractivity contribution >= 4 is 18.0 Å². The van der Waals surface area contributed by atoms with E-state index in [9.17, 15) is 14.0 Å². The van der Waals surface area contributed by atoms with Crippen molar-refractivity contribution in [2.24, 2.45) is 0 Å². The van der Waals surface area contributed by atoms with Gasteiger partial charge in [0, 0.05) is 12.5 Å². The summed E-state index contributed by atoms with van der Waals surface area (Å²) in [7, 11) is 0. The van der Waals surface area contributed by atoms with Crippen LogP contribution in [0.15, 0.2) is 72.8 Å². The summed E-state index contributed by atoms with van der Waals surface area (Å²) in [6.07, 6.45) is 3.78. The third-order valence-corrected chi connectivity index (χ3v) is 5.60. The number of ketones is 1. The molecule has 4 nitrogen and oxygen atoms in total. The molecule has 0 aliphatic heterocycles. The number of alkyl carbamates (subject to hydrolysis) is 1. The summed E-state index contributed by atoms with van der Waals surface area (Å²) >= 11 is 0. The molecule has 0 bridgehead atoms. The normalized spacial score (nSPS) is 12.4. The average molecular weight is 429 g/mol. The highest BCUT2D eigenvalue weighted by atomic mass is 19.1. The molecule has 1 aliphatic carbocycles. The average Bonchev–Trinajstić information content (AvgIpc) is 3.12. The highest BCUT2D eigenvalue weighted by Crippen LogP contribution is 2.44. The Labute approximate surface area is 186 Å². The second-order valence-corrected chi connectivity index (χ2v) is 7.74. The third-order valence-electron chi connectivity index (χ3n) is 5.60. The molecule has 162 valence electrons. The summed E-state index contributed by atoms with van der Waals surface area (Å²) in [4.78, 5) is 23.6. The van der Waals surface area contributed by atoms with Gasteiger partial charge in [0.15, 0.2) is 5.78 Å². The topological polar surface area (TPSA) is 55.4 Å². The first-order chi connectivity index (χ1) is 15.5. The van der Waals surface area contributed by atoms with E-state index in [-0.39, 0.29) is 23.9 Å². The van der Waals surface area contributed by atoms with Crippen molar-refractivity contribution < 1.29 is 18.7 Å². The Morgan fingerprint density at radius 3 is 2.31 bits per heavy atom. The summed E-state index contributed by atoms with van der Waals surface area (Å²) in [5.41, 5.74) is 5.54. The molecule has 1 N–H and O–H groups in total. The molecule has 0 unspecified atom stereocenters. The van der Waals surface area contributed by atoms with Gasteiger partial charge >= 0.3 is 6.09 Å². The number of ether oxygens (including phenoxy) is 1. The fraction of sp³-hybridized carbons (Fsp3) is 0.185. The standard InChI is InChI=1S/C27H24FNO3/c1-18(30)24-16-19(13-14-26(24)28)8-6-7-15-29-27(31)32-17-25-22-11-4-2-9-20(22)21-10-3-5-12-23(21)25/h2-6,8-14,16,25H,7,15,17H2,1H3,(H,29,31). The van der Waals surface area contributed by atoms with Crippen LogP contribution in [0.3, 0.4) is 0 Å². The summed E-state index contributed by atoms with van der Waals surface area (Å²) < 4.78 is 19.1. The monoisotopic (exact) mass is 429 g/mol. The van der Waals surface area contributed by atoms with E-state index in [4.69, 9.17) is 4.74 Å². The van der Waals surface area contributed by atoms with Crippen LogP contribution in [0.2, 0.25) is 0 Å². The Morgan fingerprint density at radius 1 is 1.00 bits per heavy atom. The summed E-state index contributed by atoms with van der Waals surface area (Å²) in [6.45, 7) is 2.03. The van der Waals surface area contributed by atoms with Crippen LogP contribution in [-0.4, -0.2) is 25.0 Å². The van der Waals surface area contributed by atoms with Crippen LogP contribution in [0.4, 0.5) is 9.18 Å². The van der Waals surface area contributed by atoms with Crippen LogP contribution in [0.1, 0.15) is 46.3 Å². The van der Waals surface area contributed by atoms with Crippen molar-refractivity contribution in [2.75, 3.05) is 13.2 Å². The highest BCUT2D eigenvalue weighted by Gasteiger charge is 2.28. The van der Waals surface area contributed by atoms with Crippen LogP contribution >= 0.6 is 0 Å². The SMILES string of the molecule is CC(=O)c1cc(C=CCCNC(=O)OCC2c3ccccc3-c3ccccc32)ccc1F. The predicted octanol–water partition coefficient (Wildman–Crippen LogP) is 5.97. The fourth-order valence-electron chi connectivity index (χ4n) is 4.04. The number of carbonyl (C=O) groups excluding carboxylic acids is 2. The lowest BCUT2D eigenvalue weighted by atomic mass is 9.98. The van der Waals surface area contributed by atoms with E-state index in [0.29, 0.717) is 13.0 Å². The molecular formula is C27H24FNO3. The molecular weight excluding hydrogens is 405 g/mol. The molecule has 0 aromatic heterocycles. The third kappa shape index (κ3) is 4.62. The number of rotatable bonds is 7. The zero-order chi connectivity index (χ0) is 22.5. The maximum Gasteiger partial charge on any atom is 0.407 e. The van der Waals surface area contributed by atoms with E-state index >= 15 is 0 Å². The largest absolute Gasteiger partial charge is 0.449 e. The number of Topliss-reactive ketones (excluding diaryl/α,β-unsaturated/α-hetero) is 1. The first-order valence-corrected chi connectivity index (χ1v) is 10.6. The first-order valence-electron chi connectivity index (χ1n) is 10.6. The molecule has 3 aromatic carbocycles.